The Morgan fingerprint density at radius 2 is 2.09 bits per heavy atom. The van der Waals surface area contributed by atoms with Gasteiger partial charge in [0, 0.05) is 6.42 Å². The first kappa shape index (κ1) is 17.0. The van der Waals surface area contributed by atoms with Crippen molar-refractivity contribution in [3.63, 3.8) is 0 Å². The molecule has 1 atom stereocenters. The predicted molar refractivity (Wildman–Crippen MR) is 82.1 cm³/mol. The van der Waals surface area contributed by atoms with Crippen LogP contribution in [0.1, 0.15) is 40.4 Å². The van der Waals surface area contributed by atoms with Crippen molar-refractivity contribution in [2.75, 3.05) is 0 Å². The molecule has 1 amide bonds. The highest BCUT2D eigenvalue weighted by molar-refractivity contribution is 6.30. The fourth-order valence-corrected chi connectivity index (χ4v) is 2.28. The minimum Gasteiger partial charge on any atom is -0.479 e. The van der Waals surface area contributed by atoms with E-state index in [0.717, 1.165) is 11.6 Å². The molecule has 7 heteroatoms. The Morgan fingerprint density at radius 3 is 2.61 bits per heavy atom. The molecule has 0 fully saturated rings. The summed E-state index contributed by atoms with van der Waals surface area (Å²) in [5.74, 6) is -2.10. The number of aryl methyl sites for hydroxylation is 2. The van der Waals surface area contributed by atoms with Crippen molar-refractivity contribution in [1.82, 2.24) is 5.32 Å². The minimum absolute atomic E-state index is 0.0139. The van der Waals surface area contributed by atoms with Gasteiger partial charge in [-0.25, -0.2) is 9.18 Å². The number of furan rings is 1. The molecule has 0 radical (unpaired) electrons. The van der Waals surface area contributed by atoms with E-state index in [1.165, 1.54) is 18.2 Å². The number of halogens is 2. The van der Waals surface area contributed by atoms with Gasteiger partial charge in [0.1, 0.15) is 11.6 Å². The number of benzene rings is 1. The normalized spacial score (nSPS) is 12.0. The highest BCUT2D eigenvalue weighted by Crippen LogP contribution is 2.22. The Bertz CT molecular complexity index is 757. The topological polar surface area (TPSA) is 79.5 Å². The lowest BCUT2D eigenvalue weighted by Gasteiger charge is -2.14. The van der Waals surface area contributed by atoms with E-state index in [2.05, 4.69) is 5.32 Å². The van der Waals surface area contributed by atoms with E-state index in [-0.39, 0.29) is 16.3 Å². The molecule has 122 valence electrons. The maximum atomic E-state index is 13.5. The van der Waals surface area contributed by atoms with Gasteiger partial charge >= 0.3 is 5.97 Å². The molecule has 0 aliphatic carbocycles. The van der Waals surface area contributed by atoms with E-state index in [9.17, 15) is 19.1 Å². The molecule has 1 unspecified atom stereocenters. The van der Waals surface area contributed by atoms with Gasteiger partial charge in [-0.05, 0) is 36.2 Å². The minimum atomic E-state index is -1.41. The Kier molecular flexibility index (Phi) is 5.05. The molecule has 2 rings (SSSR count). The standard InChI is InChI=1S/C16H15ClFNO4/c1-3-12-8(2)6-13(23-12)15(20)19-14(16(21)22)9-4-5-10(17)11(18)7-9/h4-7,14H,3H2,1-2H3,(H,19,20)(H,21,22). The summed E-state index contributed by atoms with van der Waals surface area (Å²) < 4.78 is 18.9. The van der Waals surface area contributed by atoms with Crippen molar-refractivity contribution in [3.8, 4) is 0 Å². The van der Waals surface area contributed by atoms with Gasteiger partial charge in [0.2, 0.25) is 0 Å². The fourth-order valence-electron chi connectivity index (χ4n) is 2.16. The Balaban J connectivity index is 2.26. The number of nitrogens with one attached hydrogen (secondary N) is 1. The van der Waals surface area contributed by atoms with Crippen LogP contribution in [0.2, 0.25) is 5.02 Å². The zero-order valence-electron chi connectivity index (χ0n) is 12.5. The van der Waals surface area contributed by atoms with Gasteiger partial charge in [-0.15, -0.1) is 0 Å². The predicted octanol–water partition coefficient (Wildman–Crippen LogP) is 3.50. The van der Waals surface area contributed by atoms with Crippen molar-refractivity contribution in [3.05, 3.63) is 57.8 Å². The molecule has 0 saturated heterocycles. The zero-order chi connectivity index (χ0) is 17.1. The molecule has 0 aliphatic rings. The highest BCUT2D eigenvalue weighted by atomic mass is 35.5. The van der Waals surface area contributed by atoms with Crippen molar-refractivity contribution in [2.45, 2.75) is 26.3 Å². The number of hydrogen-bond acceptors (Lipinski definition) is 3. The van der Waals surface area contributed by atoms with Crippen LogP contribution in [-0.2, 0) is 11.2 Å². The van der Waals surface area contributed by atoms with Gasteiger partial charge in [-0.2, -0.15) is 0 Å². The number of carboxylic acid groups (broad SMARTS) is 1. The number of hydrogen-bond donors (Lipinski definition) is 2. The summed E-state index contributed by atoms with van der Waals surface area (Å²) in [6.45, 7) is 3.67. The van der Waals surface area contributed by atoms with Crippen molar-refractivity contribution in [1.29, 1.82) is 0 Å². The number of carbonyl (C=O) groups is 2. The molecule has 0 aliphatic heterocycles. The van der Waals surface area contributed by atoms with E-state index < -0.39 is 23.7 Å². The van der Waals surface area contributed by atoms with Crippen LogP contribution in [0.15, 0.2) is 28.7 Å². The van der Waals surface area contributed by atoms with Gasteiger partial charge in [0.15, 0.2) is 11.8 Å². The summed E-state index contributed by atoms with van der Waals surface area (Å²) in [7, 11) is 0. The van der Waals surface area contributed by atoms with E-state index in [4.69, 9.17) is 16.0 Å². The van der Waals surface area contributed by atoms with Gasteiger partial charge in [0.05, 0.1) is 5.02 Å². The van der Waals surface area contributed by atoms with Gasteiger partial charge in [-0.1, -0.05) is 24.6 Å². The third-order valence-corrected chi connectivity index (χ3v) is 3.67. The molecule has 2 aromatic rings. The number of rotatable bonds is 5. The van der Waals surface area contributed by atoms with E-state index in [0.29, 0.717) is 12.2 Å². The van der Waals surface area contributed by atoms with Gasteiger partial charge in [0.25, 0.3) is 5.91 Å². The van der Waals surface area contributed by atoms with E-state index in [1.807, 2.05) is 6.92 Å². The second-order valence-corrected chi connectivity index (χ2v) is 5.40. The summed E-state index contributed by atoms with van der Waals surface area (Å²) in [6, 6.07) is 3.68. The fraction of sp³-hybridized carbons (Fsp3) is 0.250. The molecule has 0 bridgehead atoms. The molecule has 5 nitrogen and oxygen atoms in total. The van der Waals surface area contributed by atoms with Gasteiger partial charge < -0.3 is 14.8 Å². The lowest BCUT2D eigenvalue weighted by atomic mass is 10.1. The smallest absolute Gasteiger partial charge is 0.330 e. The molecule has 0 spiro atoms. The van der Waals surface area contributed by atoms with Crippen LogP contribution in [0.25, 0.3) is 0 Å². The maximum Gasteiger partial charge on any atom is 0.330 e. The van der Waals surface area contributed by atoms with Crippen LogP contribution in [0.4, 0.5) is 4.39 Å². The molecule has 1 heterocycles. The summed E-state index contributed by atoms with van der Waals surface area (Å²) >= 11 is 5.58. The quantitative estimate of drug-likeness (QED) is 0.873. The number of amides is 1. The second kappa shape index (κ2) is 6.83. The van der Waals surface area contributed by atoms with Crippen LogP contribution in [-0.4, -0.2) is 17.0 Å². The third kappa shape index (κ3) is 3.71. The number of carboxylic acids is 1. The van der Waals surface area contributed by atoms with E-state index in [1.54, 1.807) is 6.92 Å². The summed E-state index contributed by atoms with van der Waals surface area (Å²) in [5.41, 5.74) is 0.883. The van der Waals surface area contributed by atoms with Crippen LogP contribution in [0.5, 0.6) is 0 Å². The zero-order valence-corrected chi connectivity index (χ0v) is 13.3. The number of aliphatic carboxylic acids is 1. The maximum absolute atomic E-state index is 13.5. The molecule has 23 heavy (non-hydrogen) atoms. The van der Waals surface area contributed by atoms with Crippen LogP contribution in [0.3, 0.4) is 0 Å². The van der Waals surface area contributed by atoms with Gasteiger partial charge in [-0.3, -0.25) is 4.79 Å². The Labute approximate surface area is 137 Å². The van der Waals surface area contributed by atoms with E-state index >= 15 is 0 Å². The lowest BCUT2D eigenvalue weighted by molar-refractivity contribution is -0.139. The molecular formula is C16H15ClFNO4. The summed E-state index contributed by atoms with van der Waals surface area (Å²) in [5, 5.41) is 11.5. The molecule has 0 saturated carbocycles. The Morgan fingerprint density at radius 1 is 1.39 bits per heavy atom. The van der Waals surface area contributed by atoms with Crippen molar-refractivity contribution in [2.24, 2.45) is 0 Å². The average Bonchev–Trinajstić information content (AvgIpc) is 2.88. The van der Waals surface area contributed by atoms with Crippen molar-refractivity contribution < 1.29 is 23.5 Å². The first-order chi connectivity index (χ1) is 10.8. The van der Waals surface area contributed by atoms with Crippen LogP contribution >= 0.6 is 11.6 Å². The summed E-state index contributed by atoms with van der Waals surface area (Å²) in [4.78, 5) is 23.6. The molecule has 1 aromatic heterocycles. The third-order valence-electron chi connectivity index (χ3n) is 3.36. The SMILES string of the molecule is CCc1oc(C(=O)NC(C(=O)O)c2ccc(Cl)c(F)c2)cc1C. The monoisotopic (exact) mass is 339 g/mol. The molecule has 2 N–H and O–H groups in total. The van der Waals surface area contributed by atoms with Crippen LogP contribution in [0, 0.1) is 12.7 Å². The second-order valence-electron chi connectivity index (χ2n) is 4.99. The molecular weight excluding hydrogens is 325 g/mol. The summed E-state index contributed by atoms with van der Waals surface area (Å²) in [6.07, 6.45) is 0.615. The lowest BCUT2D eigenvalue weighted by Crippen LogP contribution is -2.33. The largest absolute Gasteiger partial charge is 0.479 e. The van der Waals surface area contributed by atoms with Crippen molar-refractivity contribution >= 4 is 23.5 Å². The molecule has 1 aromatic carbocycles. The highest BCUT2D eigenvalue weighted by Gasteiger charge is 2.25. The first-order valence-corrected chi connectivity index (χ1v) is 7.29. The first-order valence-electron chi connectivity index (χ1n) is 6.91. The van der Waals surface area contributed by atoms with Crippen LogP contribution < -0.4 is 5.32 Å². The number of carbonyl (C=O) groups excluding carboxylic acids is 1. The Hall–Kier alpha value is -2.34. The average molecular weight is 340 g/mol.